The van der Waals surface area contributed by atoms with Gasteiger partial charge in [-0.3, -0.25) is 9.52 Å². The summed E-state index contributed by atoms with van der Waals surface area (Å²) < 4.78 is 27.8. The van der Waals surface area contributed by atoms with E-state index < -0.39 is 10.0 Å². The average molecular weight is 394 g/mol. The Balaban J connectivity index is 1.73. The molecule has 0 bridgehead atoms. The molecule has 0 spiro atoms. The van der Waals surface area contributed by atoms with Crippen molar-refractivity contribution in [2.75, 3.05) is 4.72 Å². The lowest BCUT2D eigenvalue weighted by atomic mass is 10.1. The van der Waals surface area contributed by atoms with Crippen molar-refractivity contribution in [3.05, 3.63) is 95.1 Å². The van der Waals surface area contributed by atoms with Crippen LogP contribution in [0.4, 0.5) is 5.69 Å². The van der Waals surface area contributed by atoms with E-state index in [4.69, 9.17) is 0 Å². The standard InChI is InChI=1S/C22H22N2O3S/c1-16-11-12-21(13-17(16)2)28(26,27)24-20-10-6-9-19(14-20)22(25)23-15-18-7-4-3-5-8-18/h3-14,24H,15H2,1-2H3,(H,23,25). The molecule has 0 unspecified atom stereocenters. The number of amides is 1. The average Bonchev–Trinajstić information content (AvgIpc) is 2.69. The summed E-state index contributed by atoms with van der Waals surface area (Å²) in [7, 11) is -3.73. The van der Waals surface area contributed by atoms with Crippen LogP contribution in [-0.2, 0) is 16.6 Å². The summed E-state index contributed by atoms with van der Waals surface area (Å²) in [6.45, 7) is 4.20. The third-order valence-corrected chi connectivity index (χ3v) is 5.84. The van der Waals surface area contributed by atoms with E-state index in [1.165, 1.54) is 6.07 Å². The van der Waals surface area contributed by atoms with Crippen LogP contribution < -0.4 is 10.0 Å². The zero-order valence-electron chi connectivity index (χ0n) is 15.8. The number of hydrogen-bond donors (Lipinski definition) is 2. The second kappa shape index (κ2) is 8.27. The van der Waals surface area contributed by atoms with Gasteiger partial charge in [-0.15, -0.1) is 0 Å². The molecule has 0 atom stereocenters. The molecule has 3 aromatic carbocycles. The summed E-state index contributed by atoms with van der Waals surface area (Å²) in [5, 5.41) is 2.83. The van der Waals surface area contributed by atoms with Crippen LogP contribution in [0, 0.1) is 13.8 Å². The Morgan fingerprint density at radius 2 is 1.61 bits per heavy atom. The largest absolute Gasteiger partial charge is 0.348 e. The van der Waals surface area contributed by atoms with Crippen molar-refractivity contribution in [3.8, 4) is 0 Å². The van der Waals surface area contributed by atoms with Crippen molar-refractivity contribution in [1.82, 2.24) is 5.32 Å². The van der Waals surface area contributed by atoms with Gasteiger partial charge in [-0.2, -0.15) is 0 Å². The van der Waals surface area contributed by atoms with Crippen LogP contribution in [-0.4, -0.2) is 14.3 Å². The molecular weight excluding hydrogens is 372 g/mol. The van der Waals surface area contributed by atoms with Crippen LogP contribution in [0.15, 0.2) is 77.7 Å². The van der Waals surface area contributed by atoms with Gasteiger partial charge in [0, 0.05) is 17.8 Å². The Bertz CT molecular complexity index is 1090. The first-order valence-electron chi connectivity index (χ1n) is 8.87. The Kier molecular flexibility index (Phi) is 5.80. The summed E-state index contributed by atoms with van der Waals surface area (Å²) in [6.07, 6.45) is 0. The topological polar surface area (TPSA) is 75.3 Å². The minimum Gasteiger partial charge on any atom is -0.348 e. The number of carbonyl (C=O) groups is 1. The van der Waals surface area contributed by atoms with E-state index in [9.17, 15) is 13.2 Å². The van der Waals surface area contributed by atoms with Crippen molar-refractivity contribution >= 4 is 21.6 Å². The van der Waals surface area contributed by atoms with Crippen LogP contribution in [0.1, 0.15) is 27.0 Å². The lowest BCUT2D eigenvalue weighted by Crippen LogP contribution is -2.23. The quantitative estimate of drug-likeness (QED) is 0.663. The first kappa shape index (κ1) is 19.6. The summed E-state index contributed by atoms with van der Waals surface area (Å²) in [5.74, 6) is -0.268. The number of carbonyl (C=O) groups excluding carboxylic acids is 1. The molecule has 0 aliphatic rings. The molecule has 5 nitrogen and oxygen atoms in total. The molecule has 0 aliphatic heterocycles. The third-order valence-electron chi connectivity index (χ3n) is 4.46. The Hall–Kier alpha value is -3.12. The van der Waals surface area contributed by atoms with Crippen molar-refractivity contribution in [2.24, 2.45) is 0 Å². The lowest BCUT2D eigenvalue weighted by molar-refractivity contribution is 0.0951. The fourth-order valence-electron chi connectivity index (χ4n) is 2.70. The SMILES string of the molecule is Cc1ccc(S(=O)(=O)Nc2cccc(C(=O)NCc3ccccc3)c2)cc1C. The number of nitrogens with one attached hydrogen (secondary N) is 2. The molecule has 3 rings (SSSR count). The van der Waals surface area contributed by atoms with Crippen molar-refractivity contribution in [1.29, 1.82) is 0 Å². The summed E-state index contributed by atoms with van der Waals surface area (Å²) in [4.78, 5) is 12.6. The second-order valence-corrected chi connectivity index (χ2v) is 8.28. The van der Waals surface area contributed by atoms with Gasteiger partial charge < -0.3 is 5.32 Å². The lowest BCUT2D eigenvalue weighted by Gasteiger charge is -2.11. The maximum atomic E-state index is 12.6. The molecule has 0 saturated carbocycles. The summed E-state index contributed by atoms with van der Waals surface area (Å²) in [5.41, 5.74) is 3.64. The maximum Gasteiger partial charge on any atom is 0.261 e. The van der Waals surface area contributed by atoms with Crippen LogP contribution in [0.2, 0.25) is 0 Å². The Morgan fingerprint density at radius 1 is 0.857 bits per heavy atom. The number of benzene rings is 3. The zero-order valence-corrected chi connectivity index (χ0v) is 16.6. The Morgan fingerprint density at radius 3 is 2.32 bits per heavy atom. The smallest absolute Gasteiger partial charge is 0.261 e. The van der Waals surface area contributed by atoms with Crippen molar-refractivity contribution in [2.45, 2.75) is 25.3 Å². The van der Waals surface area contributed by atoms with E-state index in [0.29, 0.717) is 17.8 Å². The van der Waals surface area contributed by atoms with Crippen LogP contribution in [0.5, 0.6) is 0 Å². The van der Waals surface area contributed by atoms with Crippen LogP contribution in [0.25, 0.3) is 0 Å². The third kappa shape index (κ3) is 4.78. The molecule has 0 fully saturated rings. The molecule has 144 valence electrons. The Labute approximate surface area is 165 Å². The first-order valence-corrected chi connectivity index (χ1v) is 10.4. The van der Waals surface area contributed by atoms with Crippen LogP contribution in [0.3, 0.4) is 0 Å². The summed E-state index contributed by atoms with van der Waals surface area (Å²) >= 11 is 0. The van der Waals surface area contributed by atoms with Gasteiger partial charge in [0.1, 0.15) is 0 Å². The molecule has 0 aromatic heterocycles. The van der Waals surface area contributed by atoms with E-state index in [2.05, 4.69) is 10.0 Å². The number of rotatable bonds is 6. The second-order valence-electron chi connectivity index (χ2n) is 6.60. The molecule has 2 N–H and O–H groups in total. The predicted octanol–water partition coefficient (Wildman–Crippen LogP) is 4.03. The van der Waals surface area contributed by atoms with E-state index in [-0.39, 0.29) is 10.8 Å². The highest BCUT2D eigenvalue weighted by atomic mass is 32.2. The summed E-state index contributed by atoms with van der Waals surface area (Å²) in [6, 6.07) is 21.0. The monoisotopic (exact) mass is 394 g/mol. The predicted molar refractivity (Wildman–Crippen MR) is 111 cm³/mol. The minimum atomic E-state index is -3.73. The van der Waals surface area contributed by atoms with Crippen molar-refractivity contribution < 1.29 is 13.2 Å². The number of hydrogen-bond acceptors (Lipinski definition) is 3. The fourth-order valence-corrected chi connectivity index (χ4v) is 3.83. The van der Waals surface area contributed by atoms with Gasteiger partial charge >= 0.3 is 0 Å². The van der Waals surface area contributed by atoms with Gasteiger partial charge in [0.15, 0.2) is 0 Å². The van der Waals surface area contributed by atoms with E-state index in [1.54, 1.807) is 36.4 Å². The van der Waals surface area contributed by atoms with E-state index >= 15 is 0 Å². The molecule has 6 heteroatoms. The zero-order chi connectivity index (χ0) is 20.1. The van der Waals surface area contributed by atoms with E-state index in [1.807, 2.05) is 44.2 Å². The molecule has 1 amide bonds. The van der Waals surface area contributed by atoms with Crippen LogP contribution >= 0.6 is 0 Å². The molecule has 0 heterocycles. The van der Waals surface area contributed by atoms with Gasteiger partial charge in [-0.1, -0.05) is 42.5 Å². The number of aryl methyl sites for hydroxylation is 2. The van der Waals surface area contributed by atoms with Gasteiger partial charge in [-0.05, 0) is 60.9 Å². The molecule has 0 radical (unpaired) electrons. The highest BCUT2D eigenvalue weighted by Crippen LogP contribution is 2.19. The molecule has 28 heavy (non-hydrogen) atoms. The van der Waals surface area contributed by atoms with Gasteiger partial charge in [0.25, 0.3) is 15.9 Å². The van der Waals surface area contributed by atoms with Gasteiger partial charge in [0.2, 0.25) is 0 Å². The van der Waals surface area contributed by atoms with Gasteiger partial charge in [-0.25, -0.2) is 8.42 Å². The maximum absolute atomic E-state index is 12.6. The molecule has 0 saturated heterocycles. The first-order chi connectivity index (χ1) is 13.3. The fraction of sp³-hybridized carbons (Fsp3) is 0.136. The van der Waals surface area contributed by atoms with Gasteiger partial charge in [0.05, 0.1) is 4.90 Å². The highest BCUT2D eigenvalue weighted by Gasteiger charge is 2.16. The molecular formula is C22H22N2O3S. The normalized spacial score (nSPS) is 11.1. The number of sulfonamides is 1. The molecule has 0 aliphatic carbocycles. The number of anilines is 1. The molecule has 3 aromatic rings. The van der Waals surface area contributed by atoms with Crippen molar-refractivity contribution in [3.63, 3.8) is 0 Å². The minimum absolute atomic E-state index is 0.189. The van der Waals surface area contributed by atoms with E-state index in [0.717, 1.165) is 16.7 Å². The highest BCUT2D eigenvalue weighted by molar-refractivity contribution is 7.92.